The van der Waals surface area contributed by atoms with Crippen LogP contribution in [0.2, 0.25) is 0 Å². The molecule has 4 heteroatoms. The van der Waals surface area contributed by atoms with Gasteiger partial charge in [0.05, 0.1) is 7.11 Å². The molecule has 0 saturated carbocycles. The Morgan fingerprint density at radius 3 is 2.55 bits per heavy atom. The monoisotopic (exact) mass is 293 g/mol. The number of ether oxygens (including phenoxy) is 2. The molecule has 0 amide bonds. The van der Waals surface area contributed by atoms with Crippen molar-refractivity contribution < 1.29 is 14.3 Å². The molecular formula is C18H15NO3. The van der Waals surface area contributed by atoms with Crippen molar-refractivity contribution >= 4 is 16.7 Å². The highest BCUT2D eigenvalue weighted by atomic mass is 16.5. The molecule has 0 N–H and O–H groups in total. The maximum atomic E-state index is 12.3. The molecule has 0 aliphatic heterocycles. The lowest BCUT2D eigenvalue weighted by atomic mass is 10.1. The van der Waals surface area contributed by atoms with E-state index in [0.717, 1.165) is 16.3 Å². The van der Waals surface area contributed by atoms with Crippen LogP contribution >= 0.6 is 0 Å². The van der Waals surface area contributed by atoms with Crippen LogP contribution in [-0.4, -0.2) is 18.1 Å². The largest absolute Gasteiger partial charge is 0.496 e. The van der Waals surface area contributed by atoms with Crippen LogP contribution in [0.3, 0.4) is 0 Å². The van der Waals surface area contributed by atoms with Gasteiger partial charge in [-0.2, -0.15) is 0 Å². The predicted octanol–water partition coefficient (Wildman–Crippen LogP) is 3.60. The van der Waals surface area contributed by atoms with Gasteiger partial charge in [-0.15, -0.1) is 0 Å². The molecule has 0 aliphatic carbocycles. The third-order valence-electron chi connectivity index (χ3n) is 3.38. The zero-order valence-corrected chi connectivity index (χ0v) is 12.2. The second kappa shape index (κ2) is 6.26. The van der Waals surface area contributed by atoms with E-state index in [4.69, 9.17) is 9.47 Å². The van der Waals surface area contributed by atoms with Gasteiger partial charge in [-0.1, -0.05) is 30.3 Å². The van der Waals surface area contributed by atoms with Crippen LogP contribution in [0.5, 0.6) is 5.75 Å². The second-order valence-electron chi connectivity index (χ2n) is 4.84. The molecule has 0 unspecified atom stereocenters. The number of esters is 1. The van der Waals surface area contributed by atoms with Crippen molar-refractivity contribution in [2.75, 3.05) is 7.11 Å². The summed E-state index contributed by atoms with van der Waals surface area (Å²) in [5, 5.41) is 1.99. The summed E-state index contributed by atoms with van der Waals surface area (Å²) < 4.78 is 10.7. The Morgan fingerprint density at radius 2 is 1.86 bits per heavy atom. The summed E-state index contributed by atoms with van der Waals surface area (Å²) >= 11 is 0. The van der Waals surface area contributed by atoms with Gasteiger partial charge in [-0.05, 0) is 29.0 Å². The van der Waals surface area contributed by atoms with Gasteiger partial charge in [-0.3, -0.25) is 4.98 Å². The molecule has 2 aromatic carbocycles. The van der Waals surface area contributed by atoms with Gasteiger partial charge in [0.25, 0.3) is 0 Å². The Labute approximate surface area is 128 Å². The zero-order chi connectivity index (χ0) is 15.4. The van der Waals surface area contributed by atoms with E-state index in [9.17, 15) is 4.79 Å². The lowest BCUT2D eigenvalue weighted by Crippen LogP contribution is -2.07. The third kappa shape index (κ3) is 2.91. The quantitative estimate of drug-likeness (QED) is 0.690. The topological polar surface area (TPSA) is 48.4 Å². The second-order valence-corrected chi connectivity index (χ2v) is 4.84. The van der Waals surface area contributed by atoms with E-state index in [1.807, 2.05) is 36.4 Å². The lowest BCUT2D eigenvalue weighted by molar-refractivity contribution is 0.0469. The van der Waals surface area contributed by atoms with Crippen LogP contribution in [0.4, 0.5) is 0 Å². The van der Waals surface area contributed by atoms with E-state index >= 15 is 0 Å². The number of pyridine rings is 1. The number of rotatable bonds is 4. The van der Waals surface area contributed by atoms with Crippen molar-refractivity contribution in [3.8, 4) is 5.75 Å². The lowest BCUT2D eigenvalue weighted by Gasteiger charge is -2.10. The van der Waals surface area contributed by atoms with Gasteiger partial charge >= 0.3 is 5.97 Å². The van der Waals surface area contributed by atoms with Crippen LogP contribution in [0, 0.1) is 0 Å². The van der Waals surface area contributed by atoms with Crippen LogP contribution in [0.15, 0.2) is 60.9 Å². The average Bonchev–Trinajstić information content (AvgIpc) is 2.59. The van der Waals surface area contributed by atoms with Gasteiger partial charge < -0.3 is 9.47 Å². The SMILES string of the molecule is COc1cc2ccccc2cc1C(=O)OCc1cccnc1. The number of benzene rings is 2. The highest BCUT2D eigenvalue weighted by Gasteiger charge is 2.15. The standard InChI is InChI=1S/C18H15NO3/c1-21-17-10-15-7-3-2-6-14(15)9-16(17)18(20)22-12-13-5-4-8-19-11-13/h2-11H,12H2,1H3. The van der Waals surface area contributed by atoms with Crippen molar-refractivity contribution in [1.82, 2.24) is 4.98 Å². The molecule has 0 aliphatic rings. The number of aromatic nitrogens is 1. The van der Waals surface area contributed by atoms with Crippen molar-refractivity contribution in [3.63, 3.8) is 0 Å². The maximum absolute atomic E-state index is 12.3. The third-order valence-corrected chi connectivity index (χ3v) is 3.38. The summed E-state index contributed by atoms with van der Waals surface area (Å²) in [5.41, 5.74) is 1.26. The Bertz CT molecular complexity index is 800. The Kier molecular flexibility index (Phi) is 4.01. The smallest absolute Gasteiger partial charge is 0.342 e. The van der Waals surface area contributed by atoms with E-state index in [0.29, 0.717) is 11.3 Å². The molecular weight excluding hydrogens is 278 g/mol. The molecule has 0 atom stereocenters. The maximum Gasteiger partial charge on any atom is 0.342 e. The van der Waals surface area contributed by atoms with E-state index < -0.39 is 5.97 Å². The number of hydrogen-bond acceptors (Lipinski definition) is 4. The first-order chi connectivity index (χ1) is 10.8. The van der Waals surface area contributed by atoms with Gasteiger partial charge in [0.15, 0.2) is 0 Å². The highest BCUT2D eigenvalue weighted by Crippen LogP contribution is 2.26. The first-order valence-corrected chi connectivity index (χ1v) is 6.91. The van der Waals surface area contributed by atoms with Gasteiger partial charge in [0.1, 0.15) is 17.9 Å². The number of hydrogen-bond donors (Lipinski definition) is 0. The fourth-order valence-corrected chi connectivity index (χ4v) is 2.26. The van der Waals surface area contributed by atoms with Gasteiger partial charge in [0, 0.05) is 18.0 Å². The summed E-state index contributed by atoms with van der Waals surface area (Å²) in [5.74, 6) is 0.0985. The molecule has 0 fully saturated rings. The Balaban J connectivity index is 1.86. The molecule has 0 spiro atoms. The number of methoxy groups -OCH3 is 1. The first-order valence-electron chi connectivity index (χ1n) is 6.91. The fraction of sp³-hybridized carbons (Fsp3) is 0.111. The molecule has 0 saturated heterocycles. The van der Waals surface area contributed by atoms with Crippen LogP contribution in [-0.2, 0) is 11.3 Å². The van der Waals surface area contributed by atoms with Gasteiger partial charge in [-0.25, -0.2) is 4.79 Å². The van der Waals surface area contributed by atoms with Crippen molar-refractivity contribution in [3.05, 3.63) is 72.1 Å². The Morgan fingerprint density at radius 1 is 1.09 bits per heavy atom. The molecule has 0 bridgehead atoms. The molecule has 1 heterocycles. The minimum Gasteiger partial charge on any atom is -0.496 e. The minimum absolute atomic E-state index is 0.183. The summed E-state index contributed by atoms with van der Waals surface area (Å²) in [6, 6.07) is 15.1. The van der Waals surface area contributed by atoms with Crippen molar-refractivity contribution in [2.45, 2.75) is 6.61 Å². The van der Waals surface area contributed by atoms with Crippen molar-refractivity contribution in [2.24, 2.45) is 0 Å². The van der Waals surface area contributed by atoms with Crippen LogP contribution < -0.4 is 4.74 Å². The van der Waals surface area contributed by atoms with E-state index in [1.54, 1.807) is 31.6 Å². The molecule has 22 heavy (non-hydrogen) atoms. The Hall–Kier alpha value is -2.88. The molecule has 4 nitrogen and oxygen atoms in total. The molecule has 1 aromatic heterocycles. The highest BCUT2D eigenvalue weighted by molar-refractivity contribution is 5.98. The summed E-state index contributed by atoms with van der Waals surface area (Å²) in [7, 11) is 1.54. The average molecular weight is 293 g/mol. The molecule has 110 valence electrons. The fourth-order valence-electron chi connectivity index (χ4n) is 2.26. The number of carbonyl (C=O) groups is 1. The molecule has 0 radical (unpaired) electrons. The number of fused-ring (bicyclic) bond motifs is 1. The summed E-state index contributed by atoms with van der Waals surface area (Å²) in [4.78, 5) is 16.3. The van der Waals surface area contributed by atoms with Crippen molar-refractivity contribution in [1.29, 1.82) is 0 Å². The van der Waals surface area contributed by atoms with Crippen LogP contribution in [0.1, 0.15) is 15.9 Å². The van der Waals surface area contributed by atoms with Crippen LogP contribution in [0.25, 0.3) is 10.8 Å². The normalized spacial score (nSPS) is 10.4. The van der Waals surface area contributed by atoms with E-state index in [-0.39, 0.29) is 6.61 Å². The minimum atomic E-state index is -0.411. The first kappa shape index (κ1) is 14.1. The molecule has 3 rings (SSSR count). The van der Waals surface area contributed by atoms with E-state index in [1.165, 1.54) is 0 Å². The van der Waals surface area contributed by atoms with E-state index in [2.05, 4.69) is 4.98 Å². The zero-order valence-electron chi connectivity index (χ0n) is 12.2. The predicted molar refractivity (Wildman–Crippen MR) is 83.9 cm³/mol. The van der Waals surface area contributed by atoms with Gasteiger partial charge in [0.2, 0.25) is 0 Å². The number of carbonyl (C=O) groups excluding carboxylic acids is 1. The molecule has 3 aromatic rings. The summed E-state index contributed by atoms with van der Waals surface area (Å²) in [6.07, 6.45) is 3.35. The number of nitrogens with zero attached hydrogens (tertiary/aromatic N) is 1. The summed E-state index contributed by atoms with van der Waals surface area (Å²) in [6.45, 7) is 0.183.